The molecule has 106 valence electrons. The van der Waals surface area contributed by atoms with Crippen molar-refractivity contribution in [1.29, 1.82) is 0 Å². The average Bonchev–Trinajstić information content (AvgIpc) is 2.48. The van der Waals surface area contributed by atoms with Crippen LogP contribution in [-0.2, 0) is 0 Å². The Bertz CT molecular complexity index is 511. The van der Waals surface area contributed by atoms with Crippen molar-refractivity contribution in [2.24, 2.45) is 0 Å². The van der Waals surface area contributed by atoms with Gasteiger partial charge in [-0.1, -0.05) is 0 Å². The molecular weight excluding hydrogens is 257 g/mol. The van der Waals surface area contributed by atoms with Crippen molar-refractivity contribution in [2.75, 3.05) is 20.2 Å². The number of rotatable bonds is 7. The fourth-order valence-electron chi connectivity index (χ4n) is 1.68. The van der Waals surface area contributed by atoms with Crippen molar-refractivity contribution in [1.82, 2.24) is 5.32 Å². The van der Waals surface area contributed by atoms with Crippen molar-refractivity contribution in [3.63, 3.8) is 0 Å². The van der Waals surface area contributed by atoms with Crippen LogP contribution in [0, 0.1) is 5.82 Å². The normalized spacial score (nSPS) is 10.3. The molecule has 0 fully saturated rings. The number of nitrogens with one attached hydrogen (secondary N) is 1. The number of ether oxygens (including phenoxy) is 2. The summed E-state index contributed by atoms with van der Waals surface area (Å²) < 4.78 is 24.0. The maximum absolute atomic E-state index is 12.8. The van der Waals surface area contributed by atoms with E-state index in [1.165, 1.54) is 12.1 Å². The third kappa shape index (κ3) is 4.55. The number of benzene rings is 2. The van der Waals surface area contributed by atoms with Crippen LogP contribution in [0.25, 0.3) is 0 Å². The van der Waals surface area contributed by atoms with E-state index in [2.05, 4.69) is 5.32 Å². The predicted octanol–water partition coefficient (Wildman–Crippen LogP) is 3.61. The van der Waals surface area contributed by atoms with E-state index >= 15 is 0 Å². The Balaban J connectivity index is 1.86. The molecule has 0 saturated carbocycles. The second-order valence-corrected chi connectivity index (χ2v) is 4.33. The molecule has 2 rings (SSSR count). The Kier molecular flexibility index (Phi) is 5.38. The Labute approximate surface area is 118 Å². The van der Waals surface area contributed by atoms with Crippen LogP contribution in [0.4, 0.5) is 4.39 Å². The van der Waals surface area contributed by atoms with E-state index in [0.29, 0.717) is 18.1 Å². The van der Waals surface area contributed by atoms with Crippen LogP contribution in [0.5, 0.6) is 17.2 Å². The van der Waals surface area contributed by atoms with E-state index in [9.17, 15) is 4.39 Å². The summed E-state index contributed by atoms with van der Waals surface area (Å²) in [5.41, 5.74) is 0. The molecule has 2 aromatic rings. The fourth-order valence-corrected chi connectivity index (χ4v) is 1.68. The Hall–Kier alpha value is -2.07. The van der Waals surface area contributed by atoms with Gasteiger partial charge in [0.2, 0.25) is 0 Å². The van der Waals surface area contributed by atoms with Crippen LogP contribution in [0.2, 0.25) is 0 Å². The van der Waals surface area contributed by atoms with Gasteiger partial charge in [0.25, 0.3) is 0 Å². The summed E-state index contributed by atoms with van der Waals surface area (Å²) >= 11 is 0. The largest absolute Gasteiger partial charge is 0.494 e. The first kappa shape index (κ1) is 14.3. The maximum atomic E-state index is 12.8. The summed E-state index contributed by atoms with van der Waals surface area (Å²) in [5.74, 6) is 1.84. The van der Waals surface area contributed by atoms with Gasteiger partial charge in [0.05, 0.1) is 6.61 Å². The van der Waals surface area contributed by atoms with Gasteiger partial charge in [-0.05, 0) is 68.5 Å². The van der Waals surface area contributed by atoms with Gasteiger partial charge in [0.15, 0.2) is 0 Å². The minimum absolute atomic E-state index is 0.275. The monoisotopic (exact) mass is 275 g/mol. The van der Waals surface area contributed by atoms with Crippen LogP contribution in [0.1, 0.15) is 6.42 Å². The predicted molar refractivity (Wildman–Crippen MR) is 77.0 cm³/mol. The van der Waals surface area contributed by atoms with E-state index < -0.39 is 0 Å². The van der Waals surface area contributed by atoms with E-state index in [-0.39, 0.29) is 5.82 Å². The molecule has 0 saturated heterocycles. The molecule has 1 N–H and O–H groups in total. The molecular formula is C16H18FNO2. The molecule has 0 aliphatic rings. The zero-order chi connectivity index (χ0) is 14.2. The summed E-state index contributed by atoms with van der Waals surface area (Å²) in [4.78, 5) is 0. The molecule has 0 aromatic heterocycles. The minimum atomic E-state index is -0.275. The van der Waals surface area contributed by atoms with Crippen molar-refractivity contribution in [3.05, 3.63) is 54.3 Å². The molecule has 20 heavy (non-hydrogen) atoms. The third-order valence-corrected chi connectivity index (χ3v) is 2.71. The molecule has 0 spiro atoms. The second-order valence-electron chi connectivity index (χ2n) is 4.33. The molecule has 0 aliphatic heterocycles. The summed E-state index contributed by atoms with van der Waals surface area (Å²) in [6.07, 6.45) is 0.963. The van der Waals surface area contributed by atoms with Crippen molar-refractivity contribution in [3.8, 4) is 17.2 Å². The topological polar surface area (TPSA) is 30.5 Å². The Morgan fingerprint density at radius 3 is 2.05 bits per heavy atom. The van der Waals surface area contributed by atoms with E-state index in [1.807, 2.05) is 31.3 Å². The van der Waals surface area contributed by atoms with Crippen LogP contribution in [0.15, 0.2) is 48.5 Å². The lowest BCUT2D eigenvalue weighted by atomic mass is 10.3. The van der Waals surface area contributed by atoms with Gasteiger partial charge in [-0.2, -0.15) is 0 Å². The third-order valence-electron chi connectivity index (χ3n) is 2.71. The SMILES string of the molecule is CNCCCOc1ccc(Oc2ccc(F)cc2)cc1. The van der Waals surface area contributed by atoms with Gasteiger partial charge in [0.1, 0.15) is 23.1 Å². The van der Waals surface area contributed by atoms with Gasteiger partial charge < -0.3 is 14.8 Å². The highest BCUT2D eigenvalue weighted by Crippen LogP contribution is 2.23. The van der Waals surface area contributed by atoms with Gasteiger partial charge in [0, 0.05) is 0 Å². The molecule has 0 atom stereocenters. The van der Waals surface area contributed by atoms with Gasteiger partial charge >= 0.3 is 0 Å². The quantitative estimate of drug-likeness (QED) is 0.783. The molecule has 2 aromatic carbocycles. The number of halogens is 1. The highest BCUT2D eigenvalue weighted by molar-refractivity contribution is 5.35. The molecule has 0 radical (unpaired) electrons. The second kappa shape index (κ2) is 7.50. The zero-order valence-electron chi connectivity index (χ0n) is 11.4. The van der Waals surface area contributed by atoms with Crippen LogP contribution < -0.4 is 14.8 Å². The maximum Gasteiger partial charge on any atom is 0.127 e. The van der Waals surface area contributed by atoms with Crippen molar-refractivity contribution < 1.29 is 13.9 Å². The Morgan fingerprint density at radius 2 is 1.45 bits per heavy atom. The molecule has 3 nitrogen and oxygen atoms in total. The van der Waals surface area contributed by atoms with E-state index in [1.54, 1.807) is 12.1 Å². The van der Waals surface area contributed by atoms with Crippen LogP contribution in [0.3, 0.4) is 0 Å². The highest BCUT2D eigenvalue weighted by Gasteiger charge is 1.99. The first-order chi connectivity index (χ1) is 9.78. The molecule has 0 bridgehead atoms. The molecule has 0 heterocycles. The smallest absolute Gasteiger partial charge is 0.127 e. The van der Waals surface area contributed by atoms with Crippen molar-refractivity contribution >= 4 is 0 Å². The van der Waals surface area contributed by atoms with Crippen molar-refractivity contribution in [2.45, 2.75) is 6.42 Å². The van der Waals surface area contributed by atoms with E-state index in [4.69, 9.17) is 9.47 Å². The van der Waals surface area contributed by atoms with Crippen LogP contribution in [-0.4, -0.2) is 20.2 Å². The lowest BCUT2D eigenvalue weighted by molar-refractivity contribution is 0.309. The fraction of sp³-hybridized carbons (Fsp3) is 0.250. The standard InChI is InChI=1S/C16H18FNO2/c1-18-11-2-12-19-14-7-9-16(10-8-14)20-15-5-3-13(17)4-6-15/h3-10,18H,2,11-12H2,1H3. The van der Waals surface area contributed by atoms with E-state index in [0.717, 1.165) is 18.7 Å². The molecule has 0 aliphatic carbocycles. The number of hydrogen-bond donors (Lipinski definition) is 1. The minimum Gasteiger partial charge on any atom is -0.494 e. The van der Waals surface area contributed by atoms with Gasteiger partial charge in [-0.15, -0.1) is 0 Å². The Morgan fingerprint density at radius 1 is 0.900 bits per heavy atom. The summed E-state index contributed by atoms with van der Waals surface area (Å²) in [6, 6.07) is 13.3. The van der Waals surface area contributed by atoms with Crippen LogP contribution >= 0.6 is 0 Å². The summed E-state index contributed by atoms with van der Waals surface area (Å²) in [7, 11) is 1.92. The highest BCUT2D eigenvalue weighted by atomic mass is 19.1. The summed E-state index contributed by atoms with van der Waals surface area (Å²) in [6.45, 7) is 1.62. The molecule has 0 amide bonds. The first-order valence-corrected chi connectivity index (χ1v) is 6.59. The molecule has 4 heteroatoms. The van der Waals surface area contributed by atoms with Gasteiger partial charge in [-0.25, -0.2) is 4.39 Å². The zero-order valence-corrected chi connectivity index (χ0v) is 11.4. The van der Waals surface area contributed by atoms with Gasteiger partial charge in [-0.3, -0.25) is 0 Å². The number of hydrogen-bond acceptors (Lipinski definition) is 3. The average molecular weight is 275 g/mol. The first-order valence-electron chi connectivity index (χ1n) is 6.59. The lowest BCUT2D eigenvalue weighted by Crippen LogP contribution is -2.11. The summed E-state index contributed by atoms with van der Waals surface area (Å²) in [5, 5.41) is 3.07. The lowest BCUT2D eigenvalue weighted by Gasteiger charge is -2.08. The molecule has 0 unspecified atom stereocenters.